The normalized spacial score (nSPS) is 17.0. The molecule has 0 spiro atoms. The molecule has 3 N–H and O–H groups in total. The van der Waals surface area contributed by atoms with Crippen LogP contribution in [0.25, 0.3) is 0 Å². The van der Waals surface area contributed by atoms with Gasteiger partial charge in [0.05, 0.1) is 0 Å². The van der Waals surface area contributed by atoms with Crippen LogP contribution < -0.4 is 9.44 Å². The van der Waals surface area contributed by atoms with E-state index in [1.54, 1.807) is 13.8 Å². The van der Waals surface area contributed by atoms with Crippen LogP contribution in [-0.2, 0) is 24.8 Å². The lowest BCUT2D eigenvalue weighted by Crippen LogP contribution is -2.44. The highest BCUT2D eigenvalue weighted by molar-refractivity contribution is 7.92. The molecule has 1 saturated carbocycles. The van der Waals surface area contributed by atoms with Crippen molar-refractivity contribution < 1.29 is 26.7 Å². The summed E-state index contributed by atoms with van der Waals surface area (Å²) in [6.45, 7) is 3.11. The van der Waals surface area contributed by atoms with E-state index < -0.39 is 47.8 Å². The van der Waals surface area contributed by atoms with Crippen LogP contribution in [0, 0.1) is 5.92 Å². The Hall–Kier alpha value is -1.49. The third-order valence-corrected chi connectivity index (χ3v) is 6.75. The topological polar surface area (TPSA) is 130 Å². The number of aliphatic carboxylic acids is 1. The molecule has 0 bridgehead atoms. The van der Waals surface area contributed by atoms with Crippen molar-refractivity contribution in [3.63, 3.8) is 0 Å². The molecule has 0 unspecified atom stereocenters. The van der Waals surface area contributed by atoms with E-state index >= 15 is 0 Å². The van der Waals surface area contributed by atoms with Gasteiger partial charge < -0.3 is 5.11 Å². The number of rotatable bonds is 8. The number of hydrogen-bond acceptors (Lipinski definition) is 5. The van der Waals surface area contributed by atoms with Gasteiger partial charge in [0, 0.05) is 6.04 Å². The fraction of sp³-hybridized carbons (Fsp3) is 0.500. The minimum absolute atomic E-state index is 0.179. The van der Waals surface area contributed by atoms with E-state index in [1.807, 2.05) is 0 Å². The summed E-state index contributed by atoms with van der Waals surface area (Å²) >= 11 is 0. The Labute approximate surface area is 141 Å². The van der Waals surface area contributed by atoms with Crippen LogP contribution in [0.15, 0.2) is 34.1 Å². The summed E-state index contributed by atoms with van der Waals surface area (Å²) in [5, 5.41) is 9.15. The Morgan fingerprint density at radius 3 is 2.00 bits per heavy atom. The van der Waals surface area contributed by atoms with Gasteiger partial charge in [0.2, 0.25) is 20.0 Å². The molecular weight excluding hydrogens is 356 g/mol. The Balaban J connectivity index is 2.42. The van der Waals surface area contributed by atoms with Crippen molar-refractivity contribution in [2.75, 3.05) is 0 Å². The fourth-order valence-corrected chi connectivity index (χ4v) is 5.56. The first kappa shape index (κ1) is 18.8. The summed E-state index contributed by atoms with van der Waals surface area (Å²) in [4.78, 5) is 10.4. The Kier molecular flexibility index (Phi) is 5.33. The summed E-state index contributed by atoms with van der Waals surface area (Å²) in [5.41, 5.74) is 0. The van der Waals surface area contributed by atoms with Crippen LogP contribution in [0.2, 0.25) is 0 Å². The zero-order chi connectivity index (χ0) is 18.1. The van der Waals surface area contributed by atoms with Crippen LogP contribution >= 0.6 is 0 Å². The number of hydrogen-bond donors (Lipinski definition) is 3. The monoisotopic (exact) mass is 376 g/mol. The SMILES string of the molecule is CC(C)[C@H](NS(=O)(=O)c1ccccc1S(=O)(=O)NC1CC1)C(=O)O. The molecule has 10 heteroatoms. The summed E-state index contributed by atoms with van der Waals surface area (Å²) in [7, 11) is -8.33. The van der Waals surface area contributed by atoms with Crippen molar-refractivity contribution in [1.82, 2.24) is 9.44 Å². The highest BCUT2D eigenvalue weighted by atomic mass is 32.2. The lowest BCUT2D eigenvalue weighted by molar-refractivity contribution is -0.140. The maximum absolute atomic E-state index is 12.6. The Bertz CT molecular complexity index is 829. The molecule has 0 amide bonds. The van der Waals surface area contributed by atoms with Gasteiger partial charge in [-0.15, -0.1) is 0 Å². The fourth-order valence-electron chi connectivity index (χ4n) is 2.08. The van der Waals surface area contributed by atoms with Gasteiger partial charge in [-0.25, -0.2) is 21.6 Å². The molecule has 2 rings (SSSR count). The highest BCUT2D eigenvalue weighted by Gasteiger charge is 2.34. The molecule has 1 fully saturated rings. The van der Waals surface area contributed by atoms with Gasteiger partial charge in [-0.05, 0) is 30.9 Å². The molecule has 0 saturated heterocycles. The molecule has 1 aliphatic carbocycles. The maximum Gasteiger partial charge on any atom is 0.322 e. The van der Waals surface area contributed by atoms with Crippen molar-refractivity contribution in [2.24, 2.45) is 5.92 Å². The second kappa shape index (κ2) is 6.79. The Morgan fingerprint density at radius 1 is 1.08 bits per heavy atom. The zero-order valence-electron chi connectivity index (χ0n) is 13.3. The molecule has 0 heterocycles. The Morgan fingerprint density at radius 2 is 1.58 bits per heavy atom. The van der Waals surface area contributed by atoms with Crippen LogP contribution in [0.4, 0.5) is 0 Å². The number of sulfonamides is 2. The van der Waals surface area contributed by atoms with Crippen LogP contribution in [0.1, 0.15) is 26.7 Å². The van der Waals surface area contributed by atoms with Gasteiger partial charge in [0.1, 0.15) is 15.8 Å². The van der Waals surface area contributed by atoms with Gasteiger partial charge in [-0.3, -0.25) is 4.79 Å². The van der Waals surface area contributed by atoms with Gasteiger partial charge in [0.25, 0.3) is 0 Å². The molecule has 0 aliphatic heterocycles. The second-order valence-corrected chi connectivity index (χ2v) is 9.39. The molecule has 24 heavy (non-hydrogen) atoms. The molecule has 0 radical (unpaired) electrons. The van der Waals surface area contributed by atoms with Crippen molar-refractivity contribution in [1.29, 1.82) is 0 Å². The molecule has 1 aromatic rings. The van der Waals surface area contributed by atoms with Crippen molar-refractivity contribution >= 4 is 26.0 Å². The molecule has 8 nitrogen and oxygen atoms in total. The van der Waals surface area contributed by atoms with Crippen LogP contribution in [0.5, 0.6) is 0 Å². The maximum atomic E-state index is 12.6. The third-order valence-electron chi connectivity index (χ3n) is 3.54. The van der Waals surface area contributed by atoms with Crippen molar-refractivity contribution in [2.45, 2.75) is 48.6 Å². The van der Waals surface area contributed by atoms with Crippen LogP contribution in [-0.4, -0.2) is 40.0 Å². The first-order valence-corrected chi connectivity index (χ1v) is 10.4. The van der Waals surface area contributed by atoms with Gasteiger partial charge in [-0.1, -0.05) is 26.0 Å². The largest absolute Gasteiger partial charge is 0.480 e. The first-order chi connectivity index (χ1) is 11.0. The standard InChI is InChI=1S/C14H20N2O6S2/c1-9(2)13(14(17)18)16-24(21,22)12-6-4-3-5-11(12)23(19,20)15-10-7-8-10/h3-6,9-10,13,15-16H,7-8H2,1-2H3,(H,17,18)/t13-/m0/s1. The summed E-state index contributed by atoms with van der Waals surface area (Å²) in [6.07, 6.45) is 1.42. The zero-order valence-corrected chi connectivity index (χ0v) is 14.9. The van der Waals surface area contributed by atoms with Crippen LogP contribution in [0.3, 0.4) is 0 Å². The molecule has 0 aromatic heterocycles. The molecule has 134 valence electrons. The minimum atomic E-state index is -4.33. The second-order valence-electron chi connectivity index (χ2n) is 6.02. The first-order valence-electron chi connectivity index (χ1n) is 7.41. The molecule has 1 atom stereocenters. The van der Waals surface area contributed by atoms with E-state index in [2.05, 4.69) is 9.44 Å². The summed E-state index contributed by atoms with van der Waals surface area (Å²) < 4.78 is 54.4. The lowest BCUT2D eigenvalue weighted by Gasteiger charge is -2.19. The summed E-state index contributed by atoms with van der Waals surface area (Å²) in [5.74, 6) is -1.84. The van der Waals surface area contributed by atoms with E-state index in [0.717, 1.165) is 6.07 Å². The average Bonchev–Trinajstić information content (AvgIpc) is 3.27. The molecule has 1 aliphatic rings. The quantitative estimate of drug-likeness (QED) is 0.606. The smallest absolute Gasteiger partial charge is 0.322 e. The number of carbonyl (C=O) groups is 1. The van der Waals surface area contributed by atoms with Gasteiger partial charge >= 0.3 is 5.97 Å². The summed E-state index contributed by atoms with van der Waals surface area (Å²) in [6, 6.07) is 3.59. The average molecular weight is 376 g/mol. The highest BCUT2D eigenvalue weighted by Crippen LogP contribution is 2.26. The predicted octanol–water partition coefficient (Wildman–Crippen LogP) is 0.515. The van der Waals surface area contributed by atoms with Crippen molar-refractivity contribution in [3.05, 3.63) is 24.3 Å². The molecular formula is C14H20N2O6S2. The number of carboxylic acid groups (broad SMARTS) is 1. The number of benzene rings is 1. The van der Waals surface area contributed by atoms with Gasteiger partial charge in [-0.2, -0.15) is 4.72 Å². The van der Waals surface area contributed by atoms with E-state index in [1.165, 1.54) is 18.2 Å². The predicted molar refractivity (Wildman–Crippen MR) is 86.4 cm³/mol. The molecule has 1 aromatic carbocycles. The van der Waals surface area contributed by atoms with E-state index in [-0.39, 0.29) is 6.04 Å². The number of carboxylic acids is 1. The van der Waals surface area contributed by atoms with E-state index in [0.29, 0.717) is 12.8 Å². The third kappa shape index (κ3) is 4.32. The van der Waals surface area contributed by atoms with Gasteiger partial charge in [0.15, 0.2) is 0 Å². The van der Waals surface area contributed by atoms with E-state index in [9.17, 15) is 21.6 Å². The lowest BCUT2D eigenvalue weighted by atomic mass is 10.1. The van der Waals surface area contributed by atoms with Crippen molar-refractivity contribution in [3.8, 4) is 0 Å². The number of nitrogens with one attached hydrogen (secondary N) is 2. The van der Waals surface area contributed by atoms with E-state index in [4.69, 9.17) is 5.11 Å². The minimum Gasteiger partial charge on any atom is -0.480 e.